The maximum Gasteiger partial charge on any atom is 0.223 e. The third-order valence-electron chi connectivity index (χ3n) is 4.73. The lowest BCUT2D eigenvalue weighted by Crippen LogP contribution is -2.11. The molecule has 1 atom stereocenters. The molecule has 4 heteroatoms. The third-order valence-corrected chi connectivity index (χ3v) is 4.73. The number of anilines is 1. The summed E-state index contributed by atoms with van der Waals surface area (Å²) < 4.78 is 0. The lowest BCUT2D eigenvalue weighted by Gasteiger charge is -2.14. The van der Waals surface area contributed by atoms with Crippen LogP contribution in [0.15, 0.2) is 0 Å². The van der Waals surface area contributed by atoms with Crippen molar-refractivity contribution in [1.29, 1.82) is 0 Å². The highest BCUT2D eigenvalue weighted by molar-refractivity contribution is 5.24. The van der Waals surface area contributed by atoms with E-state index in [1.165, 1.54) is 44.9 Å². The number of nitrogens with zero attached hydrogens (tertiary/aromatic N) is 3. The van der Waals surface area contributed by atoms with E-state index in [9.17, 15) is 0 Å². The highest BCUT2D eigenvalue weighted by atomic mass is 15.1. The van der Waals surface area contributed by atoms with E-state index in [0.717, 1.165) is 11.6 Å². The molecule has 1 unspecified atom stereocenters. The molecule has 3 rings (SSSR count). The Morgan fingerprint density at radius 2 is 1.53 bits per heavy atom. The minimum Gasteiger partial charge on any atom is -0.368 e. The van der Waals surface area contributed by atoms with E-state index in [4.69, 9.17) is 10.7 Å². The van der Waals surface area contributed by atoms with Crippen LogP contribution in [0.5, 0.6) is 0 Å². The van der Waals surface area contributed by atoms with Gasteiger partial charge in [0, 0.05) is 11.8 Å². The second-order valence-corrected chi connectivity index (χ2v) is 6.84. The zero-order chi connectivity index (χ0) is 13.5. The Hall–Kier alpha value is -1.19. The van der Waals surface area contributed by atoms with Crippen LogP contribution in [-0.2, 0) is 0 Å². The summed E-state index contributed by atoms with van der Waals surface area (Å²) in [5.74, 6) is 3.26. The lowest BCUT2D eigenvalue weighted by atomic mass is 9.99. The van der Waals surface area contributed by atoms with E-state index in [-0.39, 0.29) is 0 Å². The number of nitrogens with two attached hydrogens (primary N) is 1. The molecule has 0 radical (unpaired) electrons. The maximum atomic E-state index is 5.90. The predicted molar refractivity (Wildman–Crippen MR) is 75.8 cm³/mol. The van der Waals surface area contributed by atoms with Crippen LogP contribution in [0, 0.1) is 5.41 Å². The molecule has 1 aromatic heterocycles. The first-order valence-corrected chi connectivity index (χ1v) is 7.57. The summed E-state index contributed by atoms with van der Waals surface area (Å²) >= 11 is 0. The van der Waals surface area contributed by atoms with Crippen molar-refractivity contribution >= 4 is 5.95 Å². The molecule has 0 spiro atoms. The van der Waals surface area contributed by atoms with Crippen molar-refractivity contribution in [2.45, 2.75) is 70.6 Å². The molecule has 0 saturated heterocycles. The van der Waals surface area contributed by atoms with Gasteiger partial charge in [0.05, 0.1) is 0 Å². The molecule has 2 N–H and O–H groups in total. The van der Waals surface area contributed by atoms with Crippen LogP contribution in [0.25, 0.3) is 0 Å². The summed E-state index contributed by atoms with van der Waals surface area (Å²) in [5.41, 5.74) is 6.24. The second-order valence-electron chi connectivity index (χ2n) is 6.84. The maximum absolute atomic E-state index is 5.90. The van der Waals surface area contributed by atoms with E-state index in [0.29, 0.717) is 23.2 Å². The van der Waals surface area contributed by atoms with Gasteiger partial charge in [-0.15, -0.1) is 0 Å². The number of aromatic nitrogens is 3. The van der Waals surface area contributed by atoms with Gasteiger partial charge in [-0.25, -0.2) is 4.98 Å². The van der Waals surface area contributed by atoms with Crippen LogP contribution >= 0.6 is 0 Å². The fraction of sp³-hybridized carbons (Fsp3) is 0.800. The Morgan fingerprint density at radius 3 is 2.11 bits per heavy atom. The van der Waals surface area contributed by atoms with E-state index in [1.54, 1.807) is 0 Å². The molecule has 0 aromatic carbocycles. The van der Waals surface area contributed by atoms with Crippen LogP contribution < -0.4 is 5.73 Å². The zero-order valence-corrected chi connectivity index (χ0v) is 12.0. The minimum atomic E-state index is 0.342. The monoisotopic (exact) mass is 260 g/mol. The first-order chi connectivity index (χ1) is 9.06. The Balaban J connectivity index is 1.85. The van der Waals surface area contributed by atoms with Crippen LogP contribution in [0.1, 0.15) is 82.3 Å². The third kappa shape index (κ3) is 2.72. The van der Waals surface area contributed by atoms with E-state index in [1.807, 2.05) is 0 Å². The topological polar surface area (TPSA) is 64.7 Å². The van der Waals surface area contributed by atoms with Crippen LogP contribution in [0.3, 0.4) is 0 Å². The van der Waals surface area contributed by atoms with Crippen LogP contribution in [0.4, 0.5) is 5.95 Å². The average Bonchev–Trinajstić information content (AvgIpc) is 3.06. The summed E-state index contributed by atoms with van der Waals surface area (Å²) in [6.07, 6.45) is 8.86. The van der Waals surface area contributed by atoms with Gasteiger partial charge in [-0.2, -0.15) is 9.97 Å². The summed E-state index contributed by atoms with van der Waals surface area (Å²) in [7, 11) is 0. The fourth-order valence-corrected chi connectivity index (χ4v) is 3.21. The summed E-state index contributed by atoms with van der Waals surface area (Å²) in [4.78, 5) is 13.5. The van der Waals surface area contributed by atoms with Gasteiger partial charge in [0.15, 0.2) is 0 Å². The molecular formula is C15H24N4. The minimum absolute atomic E-state index is 0.342. The molecule has 2 fully saturated rings. The van der Waals surface area contributed by atoms with Crippen molar-refractivity contribution in [2.75, 3.05) is 5.73 Å². The van der Waals surface area contributed by atoms with Crippen molar-refractivity contribution in [3.8, 4) is 0 Å². The standard InChI is InChI=1S/C15H24N4/c1-15(2)9-11(15)13-17-12(18-14(16)19-13)10-7-5-3-4-6-8-10/h10-11H,3-9H2,1-2H3,(H2,16,17,18,19). The van der Waals surface area contributed by atoms with Crippen LogP contribution in [0.2, 0.25) is 0 Å². The van der Waals surface area contributed by atoms with Crippen molar-refractivity contribution in [3.05, 3.63) is 11.6 Å². The molecule has 2 aliphatic rings. The van der Waals surface area contributed by atoms with Gasteiger partial charge >= 0.3 is 0 Å². The van der Waals surface area contributed by atoms with Gasteiger partial charge in [0.1, 0.15) is 11.6 Å². The molecule has 2 saturated carbocycles. The Bertz CT molecular complexity index is 461. The van der Waals surface area contributed by atoms with Crippen molar-refractivity contribution in [1.82, 2.24) is 15.0 Å². The zero-order valence-electron chi connectivity index (χ0n) is 12.0. The average molecular weight is 260 g/mol. The largest absolute Gasteiger partial charge is 0.368 e. The molecule has 104 valence electrons. The lowest BCUT2D eigenvalue weighted by molar-refractivity contribution is 0.547. The highest BCUT2D eigenvalue weighted by Gasteiger charge is 2.49. The normalized spacial score (nSPS) is 26.9. The van der Waals surface area contributed by atoms with Gasteiger partial charge in [0.2, 0.25) is 5.95 Å². The first-order valence-electron chi connectivity index (χ1n) is 7.57. The van der Waals surface area contributed by atoms with Crippen molar-refractivity contribution in [2.24, 2.45) is 5.41 Å². The Labute approximate surface area is 115 Å². The number of nitrogen functional groups attached to an aromatic ring is 1. The van der Waals surface area contributed by atoms with Gasteiger partial charge in [-0.1, -0.05) is 39.5 Å². The van der Waals surface area contributed by atoms with Gasteiger partial charge in [0.25, 0.3) is 0 Å². The molecular weight excluding hydrogens is 236 g/mol. The molecule has 1 aromatic rings. The smallest absolute Gasteiger partial charge is 0.223 e. The molecule has 19 heavy (non-hydrogen) atoms. The first kappa shape index (κ1) is 12.8. The van der Waals surface area contributed by atoms with Gasteiger partial charge in [-0.3, -0.25) is 0 Å². The molecule has 0 amide bonds. The number of rotatable bonds is 2. The number of hydrogen-bond donors (Lipinski definition) is 1. The predicted octanol–water partition coefficient (Wildman–Crippen LogP) is 3.41. The highest BCUT2D eigenvalue weighted by Crippen LogP contribution is 2.57. The summed E-state index contributed by atoms with van der Waals surface area (Å²) in [5, 5.41) is 0. The SMILES string of the molecule is CC1(C)CC1c1nc(N)nc(C2CCCCCC2)n1. The van der Waals surface area contributed by atoms with Crippen molar-refractivity contribution < 1.29 is 0 Å². The van der Waals surface area contributed by atoms with Crippen LogP contribution in [-0.4, -0.2) is 15.0 Å². The van der Waals surface area contributed by atoms with Gasteiger partial charge < -0.3 is 5.73 Å². The Kier molecular flexibility index (Phi) is 3.19. The van der Waals surface area contributed by atoms with E-state index in [2.05, 4.69) is 23.8 Å². The van der Waals surface area contributed by atoms with E-state index >= 15 is 0 Å². The van der Waals surface area contributed by atoms with Gasteiger partial charge in [-0.05, 0) is 24.7 Å². The molecule has 1 heterocycles. The summed E-state index contributed by atoms with van der Waals surface area (Å²) in [6, 6.07) is 0. The Morgan fingerprint density at radius 1 is 0.947 bits per heavy atom. The quantitative estimate of drug-likeness (QED) is 0.828. The molecule has 2 aliphatic carbocycles. The van der Waals surface area contributed by atoms with E-state index < -0.39 is 0 Å². The molecule has 0 bridgehead atoms. The number of hydrogen-bond acceptors (Lipinski definition) is 4. The fourth-order valence-electron chi connectivity index (χ4n) is 3.21. The van der Waals surface area contributed by atoms with Crippen molar-refractivity contribution in [3.63, 3.8) is 0 Å². The second kappa shape index (κ2) is 4.73. The molecule has 0 aliphatic heterocycles. The summed E-state index contributed by atoms with van der Waals surface area (Å²) in [6.45, 7) is 4.53. The molecule has 4 nitrogen and oxygen atoms in total.